The SMILES string of the molecule is CC(=O)NC1CCN(S(=O)(=O)CCCC(=O)O)CC1. The third-order valence-electron chi connectivity index (χ3n) is 3.05. The van der Waals surface area contributed by atoms with Gasteiger partial charge >= 0.3 is 5.97 Å². The van der Waals surface area contributed by atoms with Crippen LogP contribution in [0.15, 0.2) is 0 Å². The molecule has 1 aliphatic heterocycles. The average molecular weight is 292 g/mol. The molecule has 0 unspecified atom stereocenters. The lowest BCUT2D eigenvalue weighted by Crippen LogP contribution is -2.46. The van der Waals surface area contributed by atoms with Crippen molar-refractivity contribution in [3.05, 3.63) is 0 Å². The van der Waals surface area contributed by atoms with E-state index in [2.05, 4.69) is 5.32 Å². The van der Waals surface area contributed by atoms with Crippen LogP contribution in [-0.2, 0) is 19.6 Å². The molecule has 8 heteroatoms. The van der Waals surface area contributed by atoms with Gasteiger partial charge in [0.1, 0.15) is 0 Å². The Bertz CT molecular complexity index is 426. The summed E-state index contributed by atoms with van der Waals surface area (Å²) in [5.74, 6) is -1.23. The Labute approximate surface area is 113 Å². The van der Waals surface area contributed by atoms with E-state index in [4.69, 9.17) is 5.11 Å². The summed E-state index contributed by atoms with van der Waals surface area (Å²) in [6.07, 6.45) is 1.18. The average Bonchev–Trinajstić information content (AvgIpc) is 2.28. The van der Waals surface area contributed by atoms with Gasteiger partial charge < -0.3 is 10.4 Å². The van der Waals surface area contributed by atoms with Gasteiger partial charge in [-0.15, -0.1) is 0 Å². The summed E-state index contributed by atoms with van der Waals surface area (Å²) in [4.78, 5) is 21.3. The summed E-state index contributed by atoms with van der Waals surface area (Å²) in [6, 6.07) is 0.0305. The lowest BCUT2D eigenvalue weighted by atomic mass is 10.1. The van der Waals surface area contributed by atoms with Crippen molar-refractivity contribution in [3.8, 4) is 0 Å². The molecule has 1 aliphatic rings. The van der Waals surface area contributed by atoms with Crippen molar-refractivity contribution in [3.63, 3.8) is 0 Å². The normalized spacial score (nSPS) is 18.2. The second-order valence-electron chi connectivity index (χ2n) is 4.69. The first kappa shape index (κ1) is 15.9. The van der Waals surface area contributed by atoms with Gasteiger partial charge in [0.25, 0.3) is 0 Å². The number of hydrogen-bond donors (Lipinski definition) is 2. The fourth-order valence-electron chi connectivity index (χ4n) is 2.10. The number of carbonyl (C=O) groups is 2. The first-order chi connectivity index (χ1) is 8.81. The van der Waals surface area contributed by atoms with Gasteiger partial charge in [0.15, 0.2) is 0 Å². The van der Waals surface area contributed by atoms with E-state index in [-0.39, 0.29) is 30.5 Å². The third kappa shape index (κ3) is 5.56. The summed E-state index contributed by atoms with van der Waals surface area (Å²) in [6.45, 7) is 2.19. The van der Waals surface area contributed by atoms with Crippen LogP contribution in [0.25, 0.3) is 0 Å². The van der Waals surface area contributed by atoms with Gasteiger partial charge in [-0.25, -0.2) is 12.7 Å². The zero-order valence-electron chi connectivity index (χ0n) is 11.0. The van der Waals surface area contributed by atoms with E-state index >= 15 is 0 Å². The van der Waals surface area contributed by atoms with Gasteiger partial charge in [0.2, 0.25) is 15.9 Å². The molecule has 1 heterocycles. The van der Waals surface area contributed by atoms with Crippen molar-refractivity contribution in [2.24, 2.45) is 0 Å². The first-order valence-electron chi connectivity index (χ1n) is 6.28. The Balaban J connectivity index is 2.40. The number of carbonyl (C=O) groups excluding carboxylic acids is 1. The molecule has 0 spiro atoms. The second kappa shape index (κ2) is 6.85. The fourth-order valence-corrected chi connectivity index (χ4v) is 3.64. The summed E-state index contributed by atoms with van der Waals surface area (Å²) in [7, 11) is -3.37. The van der Waals surface area contributed by atoms with Crippen molar-refractivity contribution in [1.82, 2.24) is 9.62 Å². The monoisotopic (exact) mass is 292 g/mol. The van der Waals surface area contributed by atoms with Gasteiger partial charge in [-0.3, -0.25) is 9.59 Å². The first-order valence-corrected chi connectivity index (χ1v) is 7.89. The number of aliphatic carboxylic acids is 1. The molecule has 0 saturated carbocycles. The number of hydrogen-bond acceptors (Lipinski definition) is 4. The van der Waals surface area contributed by atoms with Gasteiger partial charge in [0, 0.05) is 32.5 Å². The van der Waals surface area contributed by atoms with Crippen molar-refractivity contribution >= 4 is 21.9 Å². The molecular weight excluding hydrogens is 272 g/mol. The number of rotatable bonds is 6. The van der Waals surface area contributed by atoms with Crippen molar-refractivity contribution in [2.45, 2.75) is 38.6 Å². The van der Waals surface area contributed by atoms with E-state index in [1.165, 1.54) is 11.2 Å². The van der Waals surface area contributed by atoms with E-state index in [1.807, 2.05) is 0 Å². The van der Waals surface area contributed by atoms with Crippen LogP contribution in [0, 0.1) is 0 Å². The molecule has 0 aromatic rings. The standard InChI is InChI=1S/C11H20N2O5S/c1-9(14)12-10-4-6-13(7-5-10)19(17,18)8-2-3-11(15)16/h10H,2-8H2,1H3,(H,12,14)(H,15,16). The number of carboxylic acid groups (broad SMARTS) is 1. The van der Waals surface area contributed by atoms with Gasteiger partial charge in [-0.1, -0.05) is 0 Å². The Hall–Kier alpha value is -1.15. The molecule has 0 atom stereocenters. The summed E-state index contributed by atoms with van der Waals surface area (Å²) in [5, 5.41) is 11.3. The molecule has 0 bridgehead atoms. The van der Waals surface area contributed by atoms with Crippen molar-refractivity contribution < 1.29 is 23.1 Å². The van der Waals surface area contributed by atoms with E-state index in [9.17, 15) is 18.0 Å². The van der Waals surface area contributed by atoms with Crippen LogP contribution in [0.2, 0.25) is 0 Å². The van der Waals surface area contributed by atoms with Crippen LogP contribution in [-0.4, -0.2) is 54.6 Å². The van der Waals surface area contributed by atoms with Crippen LogP contribution < -0.4 is 5.32 Å². The molecule has 19 heavy (non-hydrogen) atoms. The van der Waals surface area contributed by atoms with Crippen molar-refractivity contribution in [2.75, 3.05) is 18.8 Å². The smallest absolute Gasteiger partial charge is 0.303 e. The highest BCUT2D eigenvalue weighted by atomic mass is 32.2. The van der Waals surface area contributed by atoms with Gasteiger partial charge in [-0.05, 0) is 19.3 Å². The molecule has 1 saturated heterocycles. The molecule has 1 amide bonds. The minimum absolute atomic E-state index is 0.0305. The molecular formula is C11H20N2O5S. The highest BCUT2D eigenvalue weighted by molar-refractivity contribution is 7.89. The summed E-state index contributed by atoms with van der Waals surface area (Å²) in [5.41, 5.74) is 0. The van der Waals surface area contributed by atoms with E-state index in [0.717, 1.165) is 0 Å². The molecule has 0 aliphatic carbocycles. The highest BCUT2D eigenvalue weighted by Crippen LogP contribution is 2.15. The zero-order chi connectivity index (χ0) is 14.5. The van der Waals surface area contributed by atoms with Crippen LogP contribution in [0.4, 0.5) is 0 Å². The molecule has 7 nitrogen and oxygen atoms in total. The second-order valence-corrected chi connectivity index (χ2v) is 6.78. The molecule has 1 rings (SSSR count). The van der Waals surface area contributed by atoms with Crippen LogP contribution >= 0.6 is 0 Å². The lowest BCUT2D eigenvalue weighted by molar-refractivity contribution is -0.137. The Morgan fingerprint density at radius 3 is 2.37 bits per heavy atom. The van der Waals surface area contributed by atoms with E-state index < -0.39 is 16.0 Å². The number of nitrogens with zero attached hydrogens (tertiary/aromatic N) is 1. The van der Waals surface area contributed by atoms with Crippen LogP contribution in [0.5, 0.6) is 0 Å². The predicted octanol–water partition coefficient (Wildman–Crippen LogP) is -0.218. The quantitative estimate of drug-likeness (QED) is 0.704. The molecule has 110 valence electrons. The highest BCUT2D eigenvalue weighted by Gasteiger charge is 2.27. The number of nitrogens with one attached hydrogen (secondary N) is 1. The maximum absolute atomic E-state index is 11.9. The molecule has 0 radical (unpaired) electrons. The van der Waals surface area contributed by atoms with Crippen LogP contribution in [0.3, 0.4) is 0 Å². The van der Waals surface area contributed by atoms with E-state index in [0.29, 0.717) is 25.9 Å². The Morgan fingerprint density at radius 2 is 1.89 bits per heavy atom. The number of carboxylic acids is 1. The number of amides is 1. The Morgan fingerprint density at radius 1 is 1.32 bits per heavy atom. The number of sulfonamides is 1. The van der Waals surface area contributed by atoms with Gasteiger partial charge in [0.05, 0.1) is 5.75 Å². The lowest BCUT2D eigenvalue weighted by Gasteiger charge is -2.31. The maximum Gasteiger partial charge on any atom is 0.303 e. The Kier molecular flexibility index (Phi) is 5.74. The predicted molar refractivity (Wildman–Crippen MR) is 69.1 cm³/mol. The number of piperidine rings is 1. The largest absolute Gasteiger partial charge is 0.481 e. The van der Waals surface area contributed by atoms with Crippen molar-refractivity contribution in [1.29, 1.82) is 0 Å². The summed E-state index contributed by atoms with van der Waals surface area (Å²) < 4.78 is 25.3. The molecule has 0 aromatic heterocycles. The maximum atomic E-state index is 11.9. The fraction of sp³-hybridized carbons (Fsp3) is 0.818. The summed E-state index contributed by atoms with van der Waals surface area (Å²) >= 11 is 0. The van der Waals surface area contributed by atoms with Gasteiger partial charge in [-0.2, -0.15) is 0 Å². The third-order valence-corrected chi connectivity index (χ3v) is 5.00. The van der Waals surface area contributed by atoms with Crippen LogP contribution in [0.1, 0.15) is 32.6 Å². The zero-order valence-corrected chi connectivity index (χ0v) is 11.8. The molecule has 0 aromatic carbocycles. The minimum Gasteiger partial charge on any atom is -0.481 e. The molecule has 1 fully saturated rings. The minimum atomic E-state index is -3.37. The topological polar surface area (TPSA) is 104 Å². The van der Waals surface area contributed by atoms with E-state index in [1.54, 1.807) is 0 Å². The molecule has 2 N–H and O–H groups in total.